The first-order valence-corrected chi connectivity index (χ1v) is 11.0. The molecule has 11 heteroatoms. The van der Waals surface area contributed by atoms with Crippen molar-refractivity contribution in [2.45, 2.75) is 91.3 Å². The van der Waals surface area contributed by atoms with Gasteiger partial charge in [0.1, 0.15) is 17.6 Å². The van der Waals surface area contributed by atoms with E-state index in [2.05, 4.69) is 21.3 Å². The van der Waals surface area contributed by atoms with Gasteiger partial charge in [0.2, 0.25) is 23.6 Å². The summed E-state index contributed by atoms with van der Waals surface area (Å²) in [6.45, 7) is 7.06. The van der Waals surface area contributed by atoms with Crippen molar-refractivity contribution in [1.82, 2.24) is 21.3 Å². The van der Waals surface area contributed by atoms with E-state index in [1.165, 1.54) is 20.8 Å². The van der Waals surface area contributed by atoms with Crippen LogP contribution in [0, 0.1) is 0 Å². The van der Waals surface area contributed by atoms with Crippen LogP contribution in [0.15, 0.2) is 0 Å². The van der Waals surface area contributed by atoms with Crippen molar-refractivity contribution in [2.75, 3.05) is 6.54 Å². The summed E-state index contributed by atoms with van der Waals surface area (Å²) < 4.78 is 0. The summed E-state index contributed by atoms with van der Waals surface area (Å²) in [5.74, 6) is -2.44. The fourth-order valence-electron chi connectivity index (χ4n) is 2.99. The van der Waals surface area contributed by atoms with Crippen LogP contribution in [0.4, 0.5) is 0 Å². The molecule has 3 unspecified atom stereocenters. The Morgan fingerprint density at radius 1 is 0.576 bits per heavy atom. The lowest BCUT2D eigenvalue weighted by molar-refractivity contribution is -0.129. The lowest BCUT2D eigenvalue weighted by Crippen LogP contribution is -2.50. The van der Waals surface area contributed by atoms with Crippen molar-refractivity contribution >= 4 is 41.0 Å². The molecular formula is C22H36N4O7. The van der Waals surface area contributed by atoms with Crippen molar-refractivity contribution in [3.8, 4) is 0 Å². The number of ketones is 3. The van der Waals surface area contributed by atoms with Gasteiger partial charge in [0.05, 0.1) is 0 Å². The number of hydrogen-bond donors (Lipinski definition) is 4. The van der Waals surface area contributed by atoms with Crippen molar-refractivity contribution in [3.05, 3.63) is 0 Å². The van der Waals surface area contributed by atoms with Gasteiger partial charge in [-0.3, -0.25) is 33.6 Å². The summed E-state index contributed by atoms with van der Waals surface area (Å²) in [6.07, 6.45) is 0.00830. The molecule has 0 rings (SSSR count). The minimum Gasteiger partial charge on any atom is -0.354 e. The number of carbonyl (C=O) groups excluding carboxylic acids is 7. The van der Waals surface area contributed by atoms with Crippen LogP contribution in [-0.2, 0) is 33.6 Å². The molecule has 0 spiro atoms. The molecule has 186 valence electrons. The van der Waals surface area contributed by atoms with E-state index in [0.717, 1.165) is 0 Å². The van der Waals surface area contributed by atoms with Crippen LogP contribution < -0.4 is 21.3 Å². The van der Waals surface area contributed by atoms with Crippen LogP contribution in [0.3, 0.4) is 0 Å². The van der Waals surface area contributed by atoms with Crippen LogP contribution in [-0.4, -0.2) is 65.6 Å². The summed E-state index contributed by atoms with van der Waals surface area (Å²) in [4.78, 5) is 82.7. The Bertz CT molecular complexity index is 751. The molecular weight excluding hydrogens is 432 g/mol. The van der Waals surface area contributed by atoms with E-state index in [4.69, 9.17) is 0 Å². The predicted octanol–water partition coefficient (Wildman–Crippen LogP) is -0.296. The fourth-order valence-corrected chi connectivity index (χ4v) is 2.99. The molecule has 0 heterocycles. The van der Waals surface area contributed by atoms with E-state index in [-0.39, 0.29) is 68.5 Å². The molecule has 0 saturated heterocycles. The largest absolute Gasteiger partial charge is 0.354 e. The second-order valence-electron chi connectivity index (χ2n) is 7.99. The highest BCUT2D eigenvalue weighted by Crippen LogP contribution is 2.03. The topological polar surface area (TPSA) is 168 Å². The van der Waals surface area contributed by atoms with Gasteiger partial charge in [-0.15, -0.1) is 0 Å². The number of rotatable bonds is 16. The van der Waals surface area contributed by atoms with Gasteiger partial charge in [0, 0.05) is 57.2 Å². The van der Waals surface area contributed by atoms with Crippen LogP contribution in [0.1, 0.15) is 73.1 Å². The van der Waals surface area contributed by atoms with Gasteiger partial charge < -0.3 is 21.3 Å². The van der Waals surface area contributed by atoms with Crippen LogP contribution in [0.25, 0.3) is 0 Å². The van der Waals surface area contributed by atoms with Gasteiger partial charge >= 0.3 is 0 Å². The molecule has 0 aromatic heterocycles. The maximum atomic E-state index is 12.4. The van der Waals surface area contributed by atoms with Crippen LogP contribution >= 0.6 is 0 Å². The molecule has 33 heavy (non-hydrogen) atoms. The summed E-state index contributed by atoms with van der Waals surface area (Å²) in [5.41, 5.74) is 0. The van der Waals surface area contributed by atoms with E-state index >= 15 is 0 Å². The average Bonchev–Trinajstić information content (AvgIpc) is 2.69. The highest BCUT2D eigenvalue weighted by atomic mass is 16.2. The zero-order chi connectivity index (χ0) is 25.6. The standard InChI is InChI=1S/C22H36N4O7/c1-6-19(30)24-16(8-13(3)27)10-21(32)23-12-18(15(5)29)26-22(33)11-17(9-14(4)28)25-20(31)7-2/h16-18H,6-12H2,1-5H3,(H,23,32)(H,24,30)(H,25,31)(H,26,33). The third-order valence-corrected chi connectivity index (χ3v) is 4.63. The lowest BCUT2D eigenvalue weighted by atomic mass is 10.1. The third kappa shape index (κ3) is 14.6. The van der Waals surface area contributed by atoms with Gasteiger partial charge in [0.15, 0.2) is 5.78 Å². The Labute approximate surface area is 194 Å². The van der Waals surface area contributed by atoms with E-state index in [1.54, 1.807) is 13.8 Å². The molecule has 0 fully saturated rings. The zero-order valence-corrected chi connectivity index (χ0v) is 20.0. The van der Waals surface area contributed by atoms with Crippen molar-refractivity contribution in [3.63, 3.8) is 0 Å². The number of carbonyl (C=O) groups is 7. The Morgan fingerprint density at radius 3 is 1.36 bits per heavy atom. The smallest absolute Gasteiger partial charge is 0.222 e. The molecule has 3 atom stereocenters. The SMILES string of the molecule is CCC(=O)NC(CC(C)=O)CC(=O)NCC(NC(=O)CC(CC(C)=O)NC(=O)CC)C(C)=O. The van der Waals surface area contributed by atoms with Gasteiger partial charge in [-0.2, -0.15) is 0 Å². The molecule has 0 saturated carbocycles. The van der Waals surface area contributed by atoms with Crippen molar-refractivity contribution < 1.29 is 33.6 Å². The Balaban J connectivity index is 4.93. The van der Waals surface area contributed by atoms with E-state index in [9.17, 15) is 33.6 Å². The summed E-state index contributed by atoms with van der Waals surface area (Å²) in [6, 6.07) is -2.39. The molecule has 0 aliphatic heterocycles. The molecule has 0 aliphatic rings. The maximum Gasteiger partial charge on any atom is 0.222 e. The lowest BCUT2D eigenvalue weighted by Gasteiger charge is -2.21. The number of nitrogens with one attached hydrogen (secondary N) is 4. The molecule has 0 aromatic rings. The molecule has 4 N–H and O–H groups in total. The minimum atomic E-state index is -1.02. The predicted molar refractivity (Wildman–Crippen MR) is 120 cm³/mol. The highest BCUT2D eigenvalue weighted by Gasteiger charge is 2.23. The zero-order valence-electron chi connectivity index (χ0n) is 20.0. The first kappa shape index (κ1) is 29.9. The fraction of sp³-hybridized carbons (Fsp3) is 0.682. The summed E-state index contributed by atoms with van der Waals surface area (Å²) >= 11 is 0. The van der Waals surface area contributed by atoms with Gasteiger partial charge in [-0.05, 0) is 20.8 Å². The van der Waals surface area contributed by atoms with Crippen LogP contribution in [0.5, 0.6) is 0 Å². The average molecular weight is 469 g/mol. The molecule has 0 radical (unpaired) electrons. The third-order valence-electron chi connectivity index (χ3n) is 4.63. The maximum absolute atomic E-state index is 12.4. The molecule has 0 aliphatic carbocycles. The Morgan fingerprint density at radius 2 is 1.00 bits per heavy atom. The first-order valence-electron chi connectivity index (χ1n) is 11.0. The molecule has 0 bridgehead atoms. The molecule has 11 nitrogen and oxygen atoms in total. The number of Topliss-reactive ketones (excluding diaryl/α,β-unsaturated/α-hetero) is 3. The summed E-state index contributed by atoms with van der Waals surface area (Å²) in [5, 5.41) is 10.2. The molecule has 0 aromatic carbocycles. The minimum absolute atomic E-state index is 0.00689. The van der Waals surface area contributed by atoms with Gasteiger partial charge in [-0.25, -0.2) is 0 Å². The van der Waals surface area contributed by atoms with E-state index in [1.807, 2.05) is 0 Å². The first-order chi connectivity index (χ1) is 15.4. The van der Waals surface area contributed by atoms with E-state index < -0.39 is 35.7 Å². The van der Waals surface area contributed by atoms with E-state index in [0.29, 0.717) is 0 Å². The van der Waals surface area contributed by atoms with Gasteiger partial charge in [0.25, 0.3) is 0 Å². The van der Waals surface area contributed by atoms with Crippen molar-refractivity contribution in [1.29, 1.82) is 0 Å². The Kier molecular flexibility index (Phi) is 14.2. The quantitative estimate of drug-likeness (QED) is 0.241. The number of amides is 4. The second kappa shape index (κ2) is 15.7. The van der Waals surface area contributed by atoms with Gasteiger partial charge in [-0.1, -0.05) is 13.8 Å². The highest BCUT2D eigenvalue weighted by molar-refractivity contribution is 5.89. The normalized spacial score (nSPS) is 13.1. The monoisotopic (exact) mass is 468 g/mol. The van der Waals surface area contributed by atoms with Crippen LogP contribution in [0.2, 0.25) is 0 Å². The Hall–Kier alpha value is -3.11. The van der Waals surface area contributed by atoms with Crippen molar-refractivity contribution in [2.24, 2.45) is 0 Å². The second-order valence-corrected chi connectivity index (χ2v) is 7.99. The molecule has 4 amide bonds. The summed E-state index contributed by atoms with van der Waals surface area (Å²) in [7, 11) is 0. The number of hydrogen-bond acceptors (Lipinski definition) is 7.